The minimum Gasteiger partial charge on any atom is -0.497 e. The number of nitrogens with zero attached hydrogens (tertiary/aromatic N) is 1. The lowest BCUT2D eigenvalue weighted by Crippen LogP contribution is -2.27. The molecule has 0 unspecified atom stereocenters. The lowest BCUT2D eigenvalue weighted by Gasteiger charge is -2.25. The van der Waals surface area contributed by atoms with Crippen LogP contribution in [0.3, 0.4) is 0 Å². The number of rotatable bonds is 5. The third-order valence-corrected chi connectivity index (χ3v) is 6.15. The van der Waals surface area contributed by atoms with Gasteiger partial charge in [0.15, 0.2) is 0 Å². The van der Waals surface area contributed by atoms with Gasteiger partial charge in [0.2, 0.25) is 5.91 Å². The van der Waals surface area contributed by atoms with Crippen molar-refractivity contribution < 1.29 is 14.3 Å². The average Bonchev–Trinajstić information content (AvgIpc) is 3.16. The van der Waals surface area contributed by atoms with Gasteiger partial charge in [-0.15, -0.1) is 11.8 Å². The van der Waals surface area contributed by atoms with Crippen LogP contribution in [0.5, 0.6) is 5.75 Å². The summed E-state index contributed by atoms with van der Waals surface area (Å²) in [5.74, 6) is 0.932. The molecule has 0 bridgehead atoms. The Bertz CT molecular complexity index is 1080. The maximum absolute atomic E-state index is 12.6. The summed E-state index contributed by atoms with van der Waals surface area (Å²) in [5.41, 5.74) is 4.20. The summed E-state index contributed by atoms with van der Waals surface area (Å²) >= 11 is 1.59. The molecule has 3 aromatic carbocycles. The number of thioether (sulfide) groups is 1. The minimum absolute atomic E-state index is 0.0830. The average molecular weight is 419 g/mol. The Morgan fingerprint density at radius 2 is 1.83 bits per heavy atom. The van der Waals surface area contributed by atoms with Crippen LogP contribution in [0.25, 0.3) is 0 Å². The third kappa shape index (κ3) is 4.19. The predicted molar refractivity (Wildman–Crippen MR) is 121 cm³/mol. The van der Waals surface area contributed by atoms with Gasteiger partial charge in [0.05, 0.1) is 12.9 Å². The maximum atomic E-state index is 12.6. The molecular formula is C24H22N2O3S. The summed E-state index contributed by atoms with van der Waals surface area (Å²) in [6.45, 7) is 2.02. The van der Waals surface area contributed by atoms with E-state index in [0.717, 1.165) is 16.8 Å². The Morgan fingerprint density at radius 1 is 1.07 bits per heavy atom. The van der Waals surface area contributed by atoms with Gasteiger partial charge in [0.1, 0.15) is 11.1 Å². The van der Waals surface area contributed by atoms with Gasteiger partial charge in [-0.1, -0.05) is 35.9 Å². The molecule has 0 aliphatic carbocycles. The summed E-state index contributed by atoms with van der Waals surface area (Å²) in [5, 5.41) is 2.81. The van der Waals surface area contributed by atoms with Crippen LogP contribution in [-0.4, -0.2) is 24.7 Å². The number of anilines is 2. The number of ether oxygens (including phenoxy) is 1. The van der Waals surface area contributed by atoms with Crippen molar-refractivity contribution in [2.24, 2.45) is 0 Å². The van der Waals surface area contributed by atoms with Crippen LogP contribution in [0, 0.1) is 6.92 Å². The van der Waals surface area contributed by atoms with E-state index in [2.05, 4.69) is 5.32 Å². The number of hydrogen-bond acceptors (Lipinski definition) is 4. The van der Waals surface area contributed by atoms with Crippen molar-refractivity contribution in [3.8, 4) is 5.75 Å². The van der Waals surface area contributed by atoms with Crippen LogP contribution < -0.4 is 15.0 Å². The summed E-state index contributed by atoms with van der Waals surface area (Å²) in [6.07, 6.45) is 0. The van der Waals surface area contributed by atoms with Crippen molar-refractivity contribution in [3.05, 3.63) is 89.5 Å². The topological polar surface area (TPSA) is 58.6 Å². The number of aryl methyl sites for hydroxylation is 1. The summed E-state index contributed by atoms with van der Waals surface area (Å²) in [7, 11) is 1.57. The first kappa shape index (κ1) is 20.0. The second kappa shape index (κ2) is 8.63. The monoisotopic (exact) mass is 418 g/mol. The van der Waals surface area contributed by atoms with Gasteiger partial charge < -0.3 is 10.1 Å². The molecular weight excluding hydrogens is 396 g/mol. The van der Waals surface area contributed by atoms with Gasteiger partial charge in [-0.2, -0.15) is 0 Å². The van der Waals surface area contributed by atoms with E-state index in [4.69, 9.17) is 4.74 Å². The molecule has 6 heteroatoms. The van der Waals surface area contributed by atoms with Crippen LogP contribution in [0.4, 0.5) is 11.4 Å². The number of carbonyl (C=O) groups excluding carboxylic acids is 2. The molecule has 0 radical (unpaired) electrons. The van der Waals surface area contributed by atoms with Gasteiger partial charge in [-0.25, -0.2) is 0 Å². The second-order valence-corrected chi connectivity index (χ2v) is 8.14. The molecule has 30 heavy (non-hydrogen) atoms. The van der Waals surface area contributed by atoms with Crippen molar-refractivity contribution in [3.63, 3.8) is 0 Å². The zero-order chi connectivity index (χ0) is 21.1. The molecule has 0 saturated carbocycles. The van der Waals surface area contributed by atoms with Crippen molar-refractivity contribution >= 4 is 35.0 Å². The molecule has 3 aromatic rings. The SMILES string of the molecule is COc1cccc(C(=O)Nc2cccc([C@H]3SCC(=O)N3c3ccc(C)cc3)c2)c1. The lowest BCUT2D eigenvalue weighted by atomic mass is 10.1. The van der Waals surface area contributed by atoms with Crippen LogP contribution in [0.1, 0.15) is 26.9 Å². The number of carbonyl (C=O) groups is 2. The Kier molecular flexibility index (Phi) is 5.77. The van der Waals surface area contributed by atoms with E-state index in [9.17, 15) is 9.59 Å². The Labute approximate surface area is 180 Å². The molecule has 1 fully saturated rings. The highest BCUT2D eigenvalue weighted by atomic mass is 32.2. The molecule has 152 valence electrons. The van der Waals surface area contributed by atoms with Crippen molar-refractivity contribution in [1.82, 2.24) is 0 Å². The van der Waals surface area contributed by atoms with Crippen molar-refractivity contribution in [2.45, 2.75) is 12.3 Å². The first-order valence-corrected chi connectivity index (χ1v) is 10.7. The quantitative estimate of drug-likeness (QED) is 0.631. The number of hydrogen-bond donors (Lipinski definition) is 1. The molecule has 1 atom stereocenters. The second-order valence-electron chi connectivity index (χ2n) is 7.07. The summed E-state index contributed by atoms with van der Waals surface area (Å²) in [4.78, 5) is 27.0. The van der Waals surface area contributed by atoms with Gasteiger partial charge in [0.25, 0.3) is 5.91 Å². The van der Waals surface area contributed by atoms with Crippen molar-refractivity contribution in [2.75, 3.05) is 23.1 Å². The molecule has 1 aliphatic heterocycles. The number of methoxy groups -OCH3 is 1. The Balaban J connectivity index is 1.57. The summed E-state index contributed by atoms with van der Waals surface area (Å²) in [6, 6.07) is 22.6. The molecule has 4 rings (SSSR count). The van der Waals surface area contributed by atoms with E-state index in [-0.39, 0.29) is 17.2 Å². The maximum Gasteiger partial charge on any atom is 0.255 e. The highest BCUT2D eigenvalue weighted by Gasteiger charge is 2.34. The van der Waals surface area contributed by atoms with E-state index in [0.29, 0.717) is 22.8 Å². The molecule has 0 aromatic heterocycles. The van der Waals surface area contributed by atoms with E-state index in [1.165, 1.54) is 0 Å². The first-order chi connectivity index (χ1) is 14.5. The van der Waals surface area contributed by atoms with E-state index >= 15 is 0 Å². The van der Waals surface area contributed by atoms with Gasteiger partial charge in [-0.05, 0) is 55.0 Å². The fourth-order valence-electron chi connectivity index (χ4n) is 3.39. The molecule has 0 spiro atoms. The Morgan fingerprint density at radius 3 is 2.60 bits per heavy atom. The van der Waals surface area contributed by atoms with Crippen LogP contribution >= 0.6 is 11.8 Å². The molecule has 1 N–H and O–H groups in total. The Hall–Kier alpha value is -3.25. The first-order valence-electron chi connectivity index (χ1n) is 9.61. The smallest absolute Gasteiger partial charge is 0.255 e. The van der Waals surface area contributed by atoms with Crippen molar-refractivity contribution in [1.29, 1.82) is 0 Å². The number of amides is 2. The highest BCUT2D eigenvalue weighted by molar-refractivity contribution is 8.00. The minimum atomic E-state index is -0.211. The number of nitrogens with one attached hydrogen (secondary N) is 1. The van der Waals surface area contributed by atoms with E-state index in [1.54, 1.807) is 43.1 Å². The largest absolute Gasteiger partial charge is 0.497 e. The van der Waals surface area contributed by atoms with Crippen LogP contribution in [-0.2, 0) is 4.79 Å². The molecule has 2 amide bonds. The zero-order valence-corrected chi connectivity index (χ0v) is 17.6. The summed E-state index contributed by atoms with van der Waals surface area (Å²) < 4.78 is 5.19. The fraction of sp³-hybridized carbons (Fsp3) is 0.167. The standard InChI is InChI=1S/C24H22N2O3S/c1-16-9-11-20(12-10-16)26-22(27)15-30-24(26)18-6-3-7-19(13-18)25-23(28)17-5-4-8-21(14-17)29-2/h3-14,24H,15H2,1-2H3,(H,25,28)/t24-/m1/s1. The predicted octanol–water partition coefficient (Wildman–Crippen LogP) is 5.03. The van der Waals surface area contributed by atoms with Crippen LogP contribution in [0.15, 0.2) is 72.8 Å². The molecule has 5 nitrogen and oxygen atoms in total. The third-order valence-electron chi connectivity index (χ3n) is 4.94. The number of benzene rings is 3. The van der Waals surface area contributed by atoms with E-state index in [1.807, 2.05) is 60.4 Å². The molecule has 1 aliphatic rings. The fourth-order valence-corrected chi connectivity index (χ4v) is 4.56. The van der Waals surface area contributed by atoms with E-state index < -0.39 is 0 Å². The molecule has 1 saturated heterocycles. The van der Waals surface area contributed by atoms with Crippen LogP contribution in [0.2, 0.25) is 0 Å². The molecule has 1 heterocycles. The van der Waals surface area contributed by atoms with Gasteiger partial charge in [-0.3, -0.25) is 14.5 Å². The lowest BCUT2D eigenvalue weighted by molar-refractivity contribution is -0.115. The highest BCUT2D eigenvalue weighted by Crippen LogP contribution is 2.42. The van der Waals surface area contributed by atoms with Gasteiger partial charge >= 0.3 is 0 Å². The zero-order valence-electron chi connectivity index (χ0n) is 16.8. The van der Waals surface area contributed by atoms with Gasteiger partial charge in [0, 0.05) is 16.9 Å². The normalized spacial score (nSPS) is 15.9.